The molecule has 136 valence electrons. The molecule has 2 aliphatic rings. The summed E-state index contributed by atoms with van der Waals surface area (Å²) >= 11 is 1.48. The topological polar surface area (TPSA) is 52.7 Å². The molecule has 1 saturated heterocycles. The molecule has 0 aromatic carbocycles. The summed E-state index contributed by atoms with van der Waals surface area (Å²) in [5, 5.41) is 4.96. The summed E-state index contributed by atoms with van der Waals surface area (Å²) in [4.78, 5) is 29.2. The molecule has 3 rings (SSSR count). The first-order valence-corrected chi connectivity index (χ1v) is 10.1. The molecular formula is C19H27N3O2S. The molecule has 5 nitrogen and oxygen atoms in total. The maximum atomic E-state index is 12.3. The Morgan fingerprint density at radius 2 is 2.00 bits per heavy atom. The van der Waals surface area contributed by atoms with Crippen molar-refractivity contribution in [2.45, 2.75) is 32.1 Å². The standard InChI is InChI=1S/C19H27N3O2S/c23-18(20-9-8-16-5-2-1-3-6-16)15-21-10-12-22(13-11-21)19(24)17-7-4-14-25-17/h4-5,7,14H,1-3,6,8-13,15H2,(H,20,23). The number of allylic oxidation sites excluding steroid dienone is 1. The van der Waals surface area contributed by atoms with E-state index in [1.54, 1.807) is 0 Å². The lowest BCUT2D eigenvalue weighted by Crippen LogP contribution is -2.51. The van der Waals surface area contributed by atoms with E-state index in [0.717, 1.165) is 30.9 Å². The van der Waals surface area contributed by atoms with Gasteiger partial charge in [0, 0.05) is 32.7 Å². The Kier molecular flexibility index (Phi) is 6.64. The van der Waals surface area contributed by atoms with Crippen molar-refractivity contribution in [1.82, 2.24) is 15.1 Å². The quantitative estimate of drug-likeness (QED) is 0.792. The predicted octanol–water partition coefficient (Wildman–Crippen LogP) is 2.51. The predicted molar refractivity (Wildman–Crippen MR) is 101 cm³/mol. The van der Waals surface area contributed by atoms with Gasteiger partial charge in [0.05, 0.1) is 11.4 Å². The fourth-order valence-corrected chi connectivity index (χ4v) is 4.11. The average molecular weight is 362 g/mol. The van der Waals surface area contributed by atoms with Crippen LogP contribution in [0.25, 0.3) is 0 Å². The largest absolute Gasteiger partial charge is 0.355 e. The molecule has 0 spiro atoms. The fourth-order valence-electron chi connectivity index (χ4n) is 3.42. The van der Waals surface area contributed by atoms with Crippen LogP contribution < -0.4 is 5.32 Å². The van der Waals surface area contributed by atoms with Gasteiger partial charge in [0.2, 0.25) is 5.91 Å². The Balaban J connectivity index is 1.33. The lowest BCUT2D eigenvalue weighted by atomic mass is 9.97. The lowest BCUT2D eigenvalue weighted by Gasteiger charge is -2.34. The maximum Gasteiger partial charge on any atom is 0.264 e. The number of piperazine rings is 1. The van der Waals surface area contributed by atoms with Gasteiger partial charge in [-0.2, -0.15) is 0 Å². The smallest absolute Gasteiger partial charge is 0.264 e. The minimum atomic E-state index is 0.0921. The zero-order valence-corrected chi connectivity index (χ0v) is 15.5. The van der Waals surface area contributed by atoms with Crippen molar-refractivity contribution >= 4 is 23.2 Å². The van der Waals surface area contributed by atoms with Crippen molar-refractivity contribution in [2.24, 2.45) is 0 Å². The summed E-state index contributed by atoms with van der Waals surface area (Å²) in [6, 6.07) is 3.77. The lowest BCUT2D eigenvalue weighted by molar-refractivity contribution is -0.122. The number of thiophene rings is 1. The van der Waals surface area contributed by atoms with Gasteiger partial charge in [0.15, 0.2) is 0 Å². The molecule has 1 aromatic heterocycles. The second-order valence-electron chi connectivity index (χ2n) is 6.75. The molecule has 0 atom stereocenters. The van der Waals surface area contributed by atoms with Gasteiger partial charge in [-0.1, -0.05) is 17.7 Å². The van der Waals surface area contributed by atoms with Crippen LogP contribution in [-0.2, 0) is 4.79 Å². The normalized spacial score (nSPS) is 18.7. The van der Waals surface area contributed by atoms with E-state index in [1.807, 2.05) is 22.4 Å². The third-order valence-electron chi connectivity index (χ3n) is 4.91. The number of nitrogens with one attached hydrogen (secondary N) is 1. The van der Waals surface area contributed by atoms with Crippen LogP contribution in [0.5, 0.6) is 0 Å². The molecule has 1 aliphatic carbocycles. The van der Waals surface area contributed by atoms with Crippen LogP contribution >= 0.6 is 11.3 Å². The highest BCUT2D eigenvalue weighted by Gasteiger charge is 2.23. The summed E-state index contributed by atoms with van der Waals surface area (Å²) in [6.45, 7) is 4.07. The van der Waals surface area contributed by atoms with E-state index >= 15 is 0 Å². The van der Waals surface area contributed by atoms with Crippen molar-refractivity contribution in [3.63, 3.8) is 0 Å². The first kappa shape index (κ1) is 18.1. The minimum Gasteiger partial charge on any atom is -0.355 e. The molecule has 1 aromatic rings. The Morgan fingerprint density at radius 1 is 1.16 bits per heavy atom. The highest BCUT2D eigenvalue weighted by Crippen LogP contribution is 2.19. The SMILES string of the molecule is O=C(CN1CCN(C(=O)c2cccs2)CC1)NCCC1=CCCCC1. The average Bonchev–Trinajstić information content (AvgIpc) is 3.17. The molecular weight excluding hydrogens is 334 g/mol. The zero-order valence-electron chi connectivity index (χ0n) is 14.7. The van der Waals surface area contributed by atoms with Crippen molar-refractivity contribution < 1.29 is 9.59 Å². The van der Waals surface area contributed by atoms with E-state index in [1.165, 1.54) is 42.6 Å². The van der Waals surface area contributed by atoms with Crippen molar-refractivity contribution in [3.05, 3.63) is 34.0 Å². The Labute approximate surface area is 153 Å². The third-order valence-corrected chi connectivity index (χ3v) is 5.77. The number of carbonyl (C=O) groups excluding carboxylic acids is 2. The number of hydrogen-bond donors (Lipinski definition) is 1. The highest BCUT2D eigenvalue weighted by atomic mass is 32.1. The van der Waals surface area contributed by atoms with Crippen molar-refractivity contribution in [1.29, 1.82) is 0 Å². The van der Waals surface area contributed by atoms with Crippen LogP contribution in [0.2, 0.25) is 0 Å². The van der Waals surface area contributed by atoms with E-state index in [0.29, 0.717) is 19.6 Å². The van der Waals surface area contributed by atoms with Gasteiger partial charge in [-0.3, -0.25) is 14.5 Å². The van der Waals surface area contributed by atoms with Crippen LogP contribution in [0.3, 0.4) is 0 Å². The van der Waals surface area contributed by atoms with Gasteiger partial charge in [0.1, 0.15) is 0 Å². The monoisotopic (exact) mass is 361 g/mol. The molecule has 2 heterocycles. The van der Waals surface area contributed by atoms with Gasteiger partial charge in [-0.05, 0) is 43.6 Å². The molecule has 2 amide bonds. The molecule has 1 aliphatic heterocycles. The molecule has 0 unspecified atom stereocenters. The first-order valence-electron chi connectivity index (χ1n) is 9.22. The molecule has 1 N–H and O–H groups in total. The third kappa shape index (κ3) is 5.41. The highest BCUT2D eigenvalue weighted by molar-refractivity contribution is 7.12. The van der Waals surface area contributed by atoms with Crippen LogP contribution in [0.15, 0.2) is 29.2 Å². The second-order valence-corrected chi connectivity index (χ2v) is 7.70. The van der Waals surface area contributed by atoms with Crippen LogP contribution in [0, 0.1) is 0 Å². The van der Waals surface area contributed by atoms with E-state index in [2.05, 4.69) is 16.3 Å². The van der Waals surface area contributed by atoms with Gasteiger partial charge >= 0.3 is 0 Å². The van der Waals surface area contributed by atoms with E-state index < -0.39 is 0 Å². The maximum absolute atomic E-state index is 12.3. The molecule has 0 radical (unpaired) electrons. The number of hydrogen-bond acceptors (Lipinski definition) is 4. The summed E-state index contributed by atoms with van der Waals surface area (Å²) in [5.41, 5.74) is 1.49. The summed E-state index contributed by atoms with van der Waals surface area (Å²) in [7, 11) is 0. The van der Waals surface area contributed by atoms with Crippen molar-refractivity contribution in [3.8, 4) is 0 Å². The van der Waals surface area contributed by atoms with Gasteiger partial charge in [-0.25, -0.2) is 0 Å². The number of nitrogens with zero attached hydrogens (tertiary/aromatic N) is 2. The Bertz CT molecular complexity index is 604. The molecule has 25 heavy (non-hydrogen) atoms. The van der Waals surface area contributed by atoms with Crippen molar-refractivity contribution in [2.75, 3.05) is 39.3 Å². The van der Waals surface area contributed by atoms with Crippen LogP contribution in [0.1, 0.15) is 41.8 Å². The van der Waals surface area contributed by atoms with Gasteiger partial charge in [-0.15, -0.1) is 11.3 Å². The first-order chi connectivity index (χ1) is 12.2. The Morgan fingerprint density at radius 3 is 2.68 bits per heavy atom. The van der Waals surface area contributed by atoms with Crippen LogP contribution in [0.4, 0.5) is 0 Å². The van der Waals surface area contributed by atoms with E-state index in [4.69, 9.17) is 0 Å². The summed E-state index contributed by atoms with van der Waals surface area (Å²) < 4.78 is 0. The molecule has 1 fully saturated rings. The molecule has 0 saturated carbocycles. The second kappa shape index (κ2) is 9.15. The van der Waals surface area contributed by atoms with E-state index in [-0.39, 0.29) is 11.8 Å². The molecule has 6 heteroatoms. The number of carbonyl (C=O) groups is 2. The molecule has 0 bridgehead atoms. The summed E-state index contributed by atoms with van der Waals surface area (Å²) in [6.07, 6.45) is 8.28. The van der Waals surface area contributed by atoms with Crippen LogP contribution in [-0.4, -0.2) is 60.9 Å². The van der Waals surface area contributed by atoms with Gasteiger partial charge < -0.3 is 10.2 Å². The number of rotatable bonds is 6. The zero-order chi connectivity index (χ0) is 17.5. The van der Waals surface area contributed by atoms with Gasteiger partial charge in [0.25, 0.3) is 5.91 Å². The number of amides is 2. The summed E-state index contributed by atoms with van der Waals surface area (Å²) in [5.74, 6) is 0.203. The van der Waals surface area contributed by atoms with E-state index in [9.17, 15) is 9.59 Å². The fraction of sp³-hybridized carbons (Fsp3) is 0.579. The Hall–Kier alpha value is -1.66. The minimum absolute atomic E-state index is 0.0921.